The topological polar surface area (TPSA) is 84.9 Å². The summed E-state index contributed by atoms with van der Waals surface area (Å²) in [5.74, 6) is -0.667. The molecule has 23 heavy (non-hydrogen) atoms. The smallest absolute Gasteiger partial charge is 0.326 e. The van der Waals surface area contributed by atoms with Gasteiger partial charge in [0.2, 0.25) is 0 Å². The monoisotopic (exact) mass is 323 g/mol. The van der Waals surface area contributed by atoms with Crippen LogP contribution in [-0.2, 0) is 4.79 Å². The Morgan fingerprint density at radius 2 is 1.87 bits per heavy atom. The largest absolute Gasteiger partial charge is 0.490 e. The first kappa shape index (κ1) is 18.8. The third kappa shape index (κ3) is 5.47. The summed E-state index contributed by atoms with van der Waals surface area (Å²) >= 11 is 0. The van der Waals surface area contributed by atoms with E-state index in [0.717, 1.165) is 6.42 Å². The van der Waals surface area contributed by atoms with Crippen molar-refractivity contribution < 1.29 is 24.2 Å². The summed E-state index contributed by atoms with van der Waals surface area (Å²) in [5.41, 5.74) is 0.337. The fourth-order valence-corrected chi connectivity index (χ4v) is 1.99. The van der Waals surface area contributed by atoms with E-state index in [1.807, 2.05) is 13.8 Å². The molecule has 0 heterocycles. The van der Waals surface area contributed by atoms with Gasteiger partial charge in [-0.3, -0.25) is 4.79 Å². The van der Waals surface area contributed by atoms with E-state index in [1.54, 1.807) is 32.0 Å². The van der Waals surface area contributed by atoms with Gasteiger partial charge in [-0.25, -0.2) is 4.79 Å². The third-order valence-corrected chi connectivity index (χ3v) is 3.19. The van der Waals surface area contributed by atoms with Gasteiger partial charge >= 0.3 is 5.97 Å². The Morgan fingerprint density at radius 3 is 2.39 bits per heavy atom. The van der Waals surface area contributed by atoms with Crippen LogP contribution in [0.3, 0.4) is 0 Å². The van der Waals surface area contributed by atoms with E-state index in [2.05, 4.69) is 5.32 Å². The standard InChI is InChI=1S/C17H25NO5/c1-5-9-23-13-8-7-12(10-14(13)22-6-2)16(19)18-15(11(3)4)17(20)21/h7-8,10-11,15H,5-6,9H2,1-4H3,(H,18,19)(H,20,21)/t15-/m0/s1. The van der Waals surface area contributed by atoms with E-state index in [9.17, 15) is 9.59 Å². The fraction of sp³-hybridized carbons (Fsp3) is 0.529. The maximum Gasteiger partial charge on any atom is 0.326 e. The van der Waals surface area contributed by atoms with Gasteiger partial charge in [-0.05, 0) is 37.5 Å². The maximum atomic E-state index is 12.3. The van der Waals surface area contributed by atoms with Crippen molar-refractivity contribution in [3.05, 3.63) is 23.8 Å². The van der Waals surface area contributed by atoms with Crippen molar-refractivity contribution in [2.24, 2.45) is 5.92 Å². The Bertz CT molecular complexity index is 542. The number of aliphatic carboxylic acids is 1. The van der Waals surface area contributed by atoms with E-state index >= 15 is 0 Å². The molecule has 0 bridgehead atoms. The molecule has 128 valence electrons. The molecule has 0 unspecified atom stereocenters. The minimum absolute atomic E-state index is 0.213. The van der Waals surface area contributed by atoms with Crippen molar-refractivity contribution >= 4 is 11.9 Å². The normalized spacial score (nSPS) is 11.9. The van der Waals surface area contributed by atoms with Crippen molar-refractivity contribution in [2.45, 2.75) is 40.2 Å². The molecule has 1 amide bonds. The highest BCUT2D eigenvalue weighted by molar-refractivity contribution is 5.97. The summed E-state index contributed by atoms with van der Waals surface area (Å²) in [4.78, 5) is 23.5. The zero-order valence-electron chi connectivity index (χ0n) is 14.1. The predicted molar refractivity (Wildman–Crippen MR) is 87.1 cm³/mol. The van der Waals surface area contributed by atoms with Crippen LogP contribution in [0.1, 0.15) is 44.5 Å². The first-order chi connectivity index (χ1) is 10.9. The Morgan fingerprint density at radius 1 is 1.17 bits per heavy atom. The number of benzene rings is 1. The Kier molecular flexibility index (Phi) is 7.38. The number of hydrogen-bond donors (Lipinski definition) is 2. The van der Waals surface area contributed by atoms with Crippen LogP contribution in [0.15, 0.2) is 18.2 Å². The van der Waals surface area contributed by atoms with Gasteiger partial charge < -0.3 is 19.9 Å². The van der Waals surface area contributed by atoms with E-state index in [1.165, 1.54) is 0 Å². The summed E-state index contributed by atoms with van der Waals surface area (Å²) in [6.45, 7) is 8.33. The molecule has 1 rings (SSSR count). The molecular formula is C17H25NO5. The number of carboxylic acids is 1. The van der Waals surface area contributed by atoms with Crippen LogP contribution in [0.25, 0.3) is 0 Å². The number of amides is 1. The van der Waals surface area contributed by atoms with Crippen molar-refractivity contribution in [1.82, 2.24) is 5.32 Å². The SMILES string of the molecule is CCCOc1ccc(C(=O)N[C@H](C(=O)O)C(C)C)cc1OCC. The van der Waals surface area contributed by atoms with Crippen LogP contribution in [0.4, 0.5) is 0 Å². The summed E-state index contributed by atoms with van der Waals surface area (Å²) in [6.07, 6.45) is 0.864. The minimum Gasteiger partial charge on any atom is -0.490 e. The van der Waals surface area contributed by atoms with Gasteiger partial charge in [0.1, 0.15) is 6.04 Å². The van der Waals surface area contributed by atoms with Gasteiger partial charge in [-0.15, -0.1) is 0 Å². The lowest BCUT2D eigenvalue weighted by Crippen LogP contribution is -2.44. The molecule has 6 heteroatoms. The third-order valence-electron chi connectivity index (χ3n) is 3.19. The Hall–Kier alpha value is -2.24. The highest BCUT2D eigenvalue weighted by Gasteiger charge is 2.24. The molecule has 0 aromatic heterocycles. The molecule has 1 atom stereocenters. The van der Waals surface area contributed by atoms with Crippen molar-refractivity contribution in [3.63, 3.8) is 0 Å². The molecule has 0 saturated heterocycles. The van der Waals surface area contributed by atoms with Crippen LogP contribution in [-0.4, -0.2) is 36.2 Å². The van der Waals surface area contributed by atoms with Gasteiger partial charge in [0.05, 0.1) is 13.2 Å². The fourth-order valence-electron chi connectivity index (χ4n) is 1.99. The lowest BCUT2D eigenvalue weighted by Gasteiger charge is -2.18. The van der Waals surface area contributed by atoms with E-state index in [4.69, 9.17) is 14.6 Å². The van der Waals surface area contributed by atoms with Crippen LogP contribution in [0.5, 0.6) is 11.5 Å². The van der Waals surface area contributed by atoms with Crippen LogP contribution in [0.2, 0.25) is 0 Å². The zero-order valence-corrected chi connectivity index (χ0v) is 14.1. The van der Waals surface area contributed by atoms with E-state index < -0.39 is 17.9 Å². The van der Waals surface area contributed by atoms with Gasteiger partial charge in [0.25, 0.3) is 5.91 Å². The number of hydrogen-bond acceptors (Lipinski definition) is 4. The van der Waals surface area contributed by atoms with E-state index in [0.29, 0.717) is 30.3 Å². The van der Waals surface area contributed by atoms with Gasteiger partial charge in [-0.2, -0.15) is 0 Å². The molecule has 0 fully saturated rings. The summed E-state index contributed by atoms with van der Waals surface area (Å²) in [7, 11) is 0. The molecule has 0 saturated carbocycles. The average Bonchev–Trinajstić information content (AvgIpc) is 2.50. The summed E-state index contributed by atoms with van der Waals surface area (Å²) in [5, 5.41) is 11.7. The highest BCUT2D eigenvalue weighted by atomic mass is 16.5. The van der Waals surface area contributed by atoms with Gasteiger partial charge in [0, 0.05) is 5.56 Å². The average molecular weight is 323 g/mol. The first-order valence-corrected chi connectivity index (χ1v) is 7.84. The zero-order chi connectivity index (χ0) is 17.4. The molecule has 0 aliphatic carbocycles. The van der Waals surface area contributed by atoms with Crippen LogP contribution in [0, 0.1) is 5.92 Å². The Labute approximate surface area is 136 Å². The number of ether oxygens (including phenoxy) is 2. The minimum atomic E-state index is -1.05. The lowest BCUT2D eigenvalue weighted by molar-refractivity contribution is -0.140. The molecular weight excluding hydrogens is 298 g/mol. The lowest BCUT2D eigenvalue weighted by atomic mass is 10.0. The second-order valence-corrected chi connectivity index (χ2v) is 5.48. The molecule has 1 aromatic carbocycles. The second kappa shape index (κ2) is 9.02. The van der Waals surface area contributed by atoms with Crippen molar-refractivity contribution in [2.75, 3.05) is 13.2 Å². The second-order valence-electron chi connectivity index (χ2n) is 5.48. The highest BCUT2D eigenvalue weighted by Crippen LogP contribution is 2.28. The number of nitrogens with one attached hydrogen (secondary N) is 1. The summed E-state index contributed by atoms with van der Waals surface area (Å²) < 4.78 is 11.1. The number of rotatable bonds is 9. The molecule has 0 aliphatic rings. The predicted octanol–water partition coefficient (Wildman–Crippen LogP) is 2.71. The van der Waals surface area contributed by atoms with Crippen molar-refractivity contribution in [1.29, 1.82) is 0 Å². The quantitative estimate of drug-likeness (QED) is 0.730. The molecule has 0 spiro atoms. The maximum absolute atomic E-state index is 12.3. The summed E-state index contributed by atoms with van der Waals surface area (Å²) in [6, 6.07) is 3.90. The number of carbonyl (C=O) groups excluding carboxylic acids is 1. The number of carbonyl (C=O) groups is 2. The van der Waals surface area contributed by atoms with E-state index in [-0.39, 0.29) is 5.92 Å². The van der Waals surface area contributed by atoms with Crippen LogP contribution >= 0.6 is 0 Å². The molecule has 6 nitrogen and oxygen atoms in total. The van der Waals surface area contributed by atoms with Gasteiger partial charge in [0.15, 0.2) is 11.5 Å². The van der Waals surface area contributed by atoms with Crippen molar-refractivity contribution in [3.8, 4) is 11.5 Å². The molecule has 2 N–H and O–H groups in total. The van der Waals surface area contributed by atoms with Gasteiger partial charge in [-0.1, -0.05) is 20.8 Å². The first-order valence-electron chi connectivity index (χ1n) is 7.84. The Balaban J connectivity index is 2.96. The molecule has 0 radical (unpaired) electrons. The van der Waals surface area contributed by atoms with Crippen LogP contribution < -0.4 is 14.8 Å². The molecule has 0 aliphatic heterocycles. The molecule has 1 aromatic rings. The number of carboxylic acid groups (broad SMARTS) is 1.